The number of benzene rings is 3. The second-order valence-electron chi connectivity index (χ2n) is 9.92. The van der Waals surface area contributed by atoms with Crippen molar-refractivity contribution in [1.82, 2.24) is 10.2 Å². The summed E-state index contributed by atoms with van der Waals surface area (Å²) < 4.78 is 34.2. The molecule has 8 nitrogen and oxygen atoms in total. The van der Waals surface area contributed by atoms with E-state index in [1.807, 2.05) is 39.0 Å². The van der Waals surface area contributed by atoms with E-state index < -0.39 is 28.5 Å². The number of anilines is 1. The van der Waals surface area contributed by atoms with Crippen LogP contribution in [0.5, 0.6) is 5.75 Å². The second-order valence-corrected chi connectivity index (χ2v) is 12.2. The molecule has 0 saturated carbocycles. The van der Waals surface area contributed by atoms with Crippen molar-refractivity contribution in [2.75, 3.05) is 24.5 Å². The van der Waals surface area contributed by atoms with Gasteiger partial charge in [-0.15, -0.1) is 0 Å². The minimum atomic E-state index is -4.16. The van der Waals surface area contributed by atoms with Crippen LogP contribution in [0, 0.1) is 13.8 Å². The third-order valence-electron chi connectivity index (χ3n) is 6.97. The number of carbonyl (C=O) groups is 2. The first-order valence-electron chi connectivity index (χ1n) is 13.5. The molecule has 0 spiro atoms. The maximum absolute atomic E-state index is 14.0. The molecular formula is C31H38ClN3O5S. The molecule has 3 aromatic rings. The van der Waals surface area contributed by atoms with Crippen LogP contribution in [0.15, 0.2) is 71.6 Å². The number of rotatable bonds is 13. The number of hydrogen-bond acceptors (Lipinski definition) is 5. The molecule has 0 radical (unpaired) electrons. The molecule has 0 fully saturated rings. The van der Waals surface area contributed by atoms with Crippen LogP contribution in [0.1, 0.15) is 43.4 Å². The molecule has 1 N–H and O–H groups in total. The van der Waals surface area contributed by atoms with E-state index in [4.69, 9.17) is 16.3 Å². The van der Waals surface area contributed by atoms with E-state index in [1.165, 1.54) is 29.2 Å². The largest absolute Gasteiger partial charge is 0.497 e. The number of aryl methyl sites for hydroxylation is 2. The number of amides is 2. The lowest BCUT2D eigenvalue weighted by molar-refractivity contribution is -0.139. The maximum atomic E-state index is 14.0. The van der Waals surface area contributed by atoms with Gasteiger partial charge in [-0.25, -0.2) is 8.42 Å². The zero-order valence-corrected chi connectivity index (χ0v) is 25.8. The van der Waals surface area contributed by atoms with Gasteiger partial charge in [0.1, 0.15) is 18.3 Å². The highest BCUT2D eigenvalue weighted by atomic mass is 35.5. The number of halogens is 1. The van der Waals surface area contributed by atoms with Gasteiger partial charge in [-0.2, -0.15) is 0 Å². The molecule has 0 saturated heterocycles. The minimum Gasteiger partial charge on any atom is -0.497 e. The number of unbranched alkanes of at least 4 members (excludes halogenated alkanes) is 1. The van der Waals surface area contributed by atoms with Crippen molar-refractivity contribution in [1.29, 1.82) is 0 Å². The fourth-order valence-corrected chi connectivity index (χ4v) is 5.72. The molecule has 3 aromatic carbocycles. The average Bonchev–Trinajstić information content (AvgIpc) is 2.96. The number of methoxy groups -OCH3 is 1. The van der Waals surface area contributed by atoms with Crippen molar-refractivity contribution >= 4 is 39.1 Å². The molecule has 1 atom stereocenters. The Morgan fingerprint density at radius 3 is 2.22 bits per heavy atom. The zero-order valence-electron chi connectivity index (χ0n) is 24.2. The molecule has 0 aliphatic heterocycles. The highest BCUT2D eigenvalue weighted by Gasteiger charge is 2.32. The van der Waals surface area contributed by atoms with Crippen molar-refractivity contribution in [3.05, 3.63) is 88.4 Å². The molecule has 0 heterocycles. The van der Waals surface area contributed by atoms with Gasteiger partial charge in [-0.3, -0.25) is 13.9 Å². The van der Waals surface area contributed by atoms with Gasteiger partial charge < -0.3 is 15.0 Å². The highest BCUT2D eigenvalue weighted by molar-refractivity contribution is 7.92. The molecule has 0 bridgehead atoms. The SMILES string of the molecule is CCCCNC(=O)[C@@H](C)N(Cc1ccc(OC)cc1)C(=O)CN(c1ccc(C)c(C)c1)S(=O)(=O)c1ccc(Cl)cc1. The Morgan fingerprint density at radius 2 is 1.63 bits per heavy atom. The summed E-state index contributed by atoms with van der Waals surface area (Å²) in [5.74, 6) is -0.166. The molecule has 10 heteroatoms. The van der Waals surface area contributed by atoms with Gasteiger partial charge in [0.2, 0.25) is 11.8 Å². The standard InChI is InChI=1S/C31H38ClN3O5S/c1-6-7-18-33-31(37)24(4)34(20-25-9-14-28(40-5)15-10-25)30(36)21-35(27-13-8-22(2)23(3)19-27)41(38,39)29-16-11-26(32)12-17-29/h8-17,19,24H,6-7,18,20-21H2,1-5H3,(H,33,37)/t24-/m1/s1. The van der Waals surface area contributed by atoms with Gasteiger partial charge in [0.15, 0.2) is 0 Å². The number of sulfonamides is 1. The Kier molecular flexibility index (Phi) is 11.2. The van der Waals surface area contributed by atoms with Gasteiger partial charge in [0, 0.05) is 18.1 Å². The van der Waals surface area contributed by atoms with Crippen molar-refractivity contribution in [2.24, 2.45) is 0 Å². The lowest BCUT2D eigenvalue weighted by Gasteiger charge is -2.32. The van der Waals surface area contributed by atoms with Crippen LogP contribution in [0.25, 0.3) is 0 Å². The lowest BCUT2D eigenvalue weighted by Crippen LogP contribution is -2.51. The van der Waals surface area contributed by atoms with Crippen LogP contribution in [0.2, 0.25) is 5.02 Å². The molecule has 0 aromatic heterocycles. The monoisotopic (exact) mass is 599 g/mol. The molecule has 220 valence electrons. The van der Waals surface area contributed by atoms with Gasteiger partial charge in [0.05, 0.1) is 17.7 Å². The van der Waals surface area contributed by atoms with Crippen LogP contribution in [0.4, 0.5) is 5.69 Å². The smallest absolute Gasteiger partial charge is 0.264 e. The third-order valence-corrected chi connectivity index (χ3v) is 9.01. The maximum Gasteiger partial charge on any atom is 0.264 e. The van der Waals surface area contributed by atoms with Gasteiger partial charge in [0.25, 0.3) is 10.0 Å². The van der Waals surface area contributed by atoms with Gasteiger partial charge in [-0.05, 0) is 92.4 Å². The minimum absolute atomic E-state index is 0.00000962. The molecule has 41 heavy (non-hydrogen) atoms. The number of nitrogens with zero attached hydrogens (tertiary/aromatic N) is 2. The van der Waals surface area contributed by atoms with E-state index in [0.717, 1.165) is 33.8 Å². The normalized spacial score (nSPS) is 12.0. The Morgan fingerprint density at radius 1 is 0.976 bits per heavy atom. The first kappa shape index (κ1) is 32.0. The quantitative estimate of drug-likeness (QED) is 0.262. The molecule has 3 rings (SSSR count). The van der Waals surface area contributed by atoms with Crippen LogP contribution in [-0.2, 0) is 26.2 Å². The molecule has 0 aliphatic carbocycles. The number of ether oxygens (including phenoxy) is 1. The molecular weight excluding hydrogens is 562 g/mol. The van der Waals surface area contributed by atoms with Crippen molar-refractivity contribution in [3.8, 4) is 5.75 Å². The second kappa shape index (κ2) is 14.4. The Labute approximate surface area is 248 Å². The topological polar surface area (TPSA) is 96.0 Å². The summed E-state index contributed by atoms with van der Waals surface area (Å²) in [6.07, 6.45) is 1.72. The summed E-state index contributed by atoms with van der Waals surface area (Å²) in [5, 5.41) is 3.28. The van der Waals surface area contributed by atoms with E-state index in [-0.39, 0.29) is 17.3 Å². The van der Waals surface area contributed by atoms with Gasteiger partial charge in [-0.1, -0.05) is 43.1 Å². The van der Waals surface area contributed by atoms with Crippen molar-refractivity contribution < 1.29 is 22.7 Å². The fourth-order valence-electron chi connectivity index (χ4n) is 4.19. The number of nitrogens with one attached hydrogen (secondary N) is 1. The lowest BCUT2D eigenvalue weighted by atomic mass is 10.1. The van der Waals surface area contributed by atoms with E-state index >= 15 is 0 Å². The van der Waals surface area contributed by atoms with Crippen LogP contribution in [-0.4, -0.2) is 51.4 Å². The van der Waals surface area contributed by atoms with Crippen LogP contribution in [0.3, 0.4) is 0 Å². The van der Waals surface area contributed by atoms with E-state index in [9.17, 15) is 18.0 Å². The van der Waals surface area contributed by atoms with E-state index in [0.29, 0.717) is 23.0 Å². The molecule has 0 aliphatic rings. The Hall–Kier alpha value is -3.56. The third kappa shape index (κ3) is 8.24. The summed E-state index contributed by atoms with van der Waals surface area (Å²) >= 11 is 6.01. The molecule has 0 unspecified atom stereocenters. The van der Waals surface area contributed by atoms with Crippen LogP contribution >= 0.6 is 11.6 Å². The average molecular weight is 600 g/mol. The summed E-state index contributed by atoms with van der Waals surface area (Å²) in [7, 11) is -2.60. The zero-order chi connectivity index (χ0) is 30.2. The Bertz CT molecular complexity index is 1440. The van der Waals surface area contributed by atoms with Crippen molar-refractivity contribution in [3.63, 3.8) is 0 Å². The summed E-state index contributed by atoms with van der Waals surface area (Å²) in [6.45, 7) is 7.58. The first-order valence-corrected chi connectivity index (χ1v) is 15.4. The predicted octanol–water partition coefficient (Wildman–Crippen LogP) is 5.49. The van der Waals surface area contributed by atoms with Gasteiger partial charge >= 0.3 is 0 Å². The van der Waals surface area contributed by atoms with E-state index in [2.05, 4.69) is 5.32 Å². The summed E-state index contributed by atoms with van der Waals surface area (Å²) in [4.78, 5) is 28.5. The predicted molar refractivity (Wildman–Crippen MR) is 163 cm³/mol. The number of hydrogen-bond donors (Lipinski definition) is 1. The highest BCUT2D eigenvalue weighted by Crippen LogP contribution is 2.27. The van der Waals surface area contributed by atoms with Crippen LogP contribution < -0.4 is 14.4 Å². The molecule has 2 amide bonds. The fraction of sp³-hybridized carbons (Fsp3) is 0.355. The van der Waals surface area contributed by atoms with E-state index in [1.54, 1.807) is 38.3 Å². The first-order chi connectivity index (χ1) is 19.5. The summed E-state index contributed by atoms with van der Waals surface area (Å²) in [5.41, 5.74) is 2.99. The number of carbonyl (C=O) groups excluding carboxylic acids is 2. The van der Waals surface area contributed by atoms with Crippen molar-refractivity contribution in [2.45, 2.75) is 58.0 Å². The summed E-state index contributed by atoms with van der Waals surface area (Å²) in [6, 6.07) is 17.4. The Balaban J connectivity index is 2.02.